The lowest BCUT2D eigenvalue weighted by molar-refractivity contribution is -0.140. The molecule has 6 nitrogen and oxygen atoms in total. The van der Waals surface area contributed by atoms with Crippen LogP contribution >= 0.6 is 24.8 Å². The third-order valence-electron chi connectivity index (χ3n) is 6.53. The summed E-state index contributed by atoms with van der Waals surface area (Å²) in [7, 11) is 3.30. The van der Waals surface area contributed by atoms with E-state index in [0.717, 1.165) is 64.1 Å². The number of piperazine rings is 1. The summed E-state index contributed by atoms with van der Waals surface area (Å²) in [4.78, 5) is 17.7. The molecule has 2 unspecified atom stereocenters. The summed E-state index contributed by atoms with van der Waals surface area (Å²) in [6.45, 7) is 7.95. The maximum Gasteiger partial charge on any atom is 0.313 e. The summed E-state index contributed by atoms with van der Waals surface area (Å²) >= 11 is 0. The Kier molecular flexibility index (Phi) is 15.9. The van der Waals surface area contributed by atoms with Gasteiger partial charge in [-0.1, -0.05) is 68.3 Å². The Morgan fingerprint density at radius 1 is 0.833 bits per heavy atom. The van der Waals surface area contributed by atoms with Gasteiger partial charge in [0.05, 0.1) is 18.6 Å². The number of nitrogens with zero attached hydrogens (tertiary/aromatic N) is 2. The van der Waals surface area contributed by atoms with Crippen molar-refractivity contribution in [3.8, 4) is 5.75 Å². The second kappa shape index (κ2) is 17.7. The van der Waals surface area contributed by atoms with E-state index in [4.69, 9.17) is 14.2 Å². The predicted molar refractivity (Wildman–Crippen MR) is 149 cm³/mol. The highest BCUT2D eigenvalue weighted by molar-refractivity contribution is 5.85. The Balaban J connectivity index is 0.00000324. The van der Waals surface area contributed by atoms with E-state index in [1.54, 1.807) is 14.2 Å². The van der Waals surface area contributed by atoms with Crippen LogP contribution in [0.1, 0.15) is 43.7 Å². The third-order valence-corrected chi connectivity index (χ3v) is 6.53. The summed E-state index contributed by atoms with van der Waals surface area (Å²) in [6, 6.07) is 18.5. The van der Waals surface area contributed by atoms with Crippen molar-refractivity contribution in [1.29, 1.82) is 0 Å². The number of unbranched alkanes of at least 4 members (excludes halogenated alkanes) is 1. The number of benzene rings is 2. The van der Waals surface area contributed by atoms with Crippen molar-refractivity contribution in [3.05, 3.63) is 65.7 Å². The molecule has 1 fully saturated rings. The number of para-hydroxylation sites is 1. The van der Waals surface area contributed by atoms with E-state index in [1.807, 2.05) is 24.3 Å². The number of methoxy groups -OCH3 is 2. The lowest BCUT2D eigenvalue weighted by Crippen LogP contribution is -2.45. The molecule has 2 atom stereocenters. The molecule has 1 aliphatic heterocycles. The molecule has 3 rings (SSSR count). The van der Waals surface area contributed by atoms with E-state index in [2.05, 4.69) is 47.1 Å². The van der Waals surface area contributed by atoms with Gasteiger partial charge in [-0.2, -0.15) is 0 Å². The van der Waals surface area contributed by atoms with Crippen LogP contribution in [0.15, 0.2) is 54.6 Å². The van der Waals surface area contributed by atoms with E-state index < -0.39 is 0 Å². The average molecular weight is 542 g/mol. The van der Waals surface area contributed by atoms with Crippen molar-refractivity contribution in [3.63, 3.8) is 0 Å². The topological polar surface area (TPSA) is 51.2 Å². The van der Waals surface area contributed by atoms with E-state index in [9.17, 15) is 4.79 Å². The van der Waals surface area contributed by atoms with Gasteiger partial charge in [0, 0.05) is 59.1 Å². The number of halogens is 2. The summed E-state index contributed by atoms with van der Waals surface area (Å²) < 4.78 is 17.0. The average Bonchev–Trinajstić information content (AvgIpc) is 2.86. The summed E-state index contributed by atoms with van der Waals surface area (Å²) in [5.41, 5.74) is 2.39. The number of carbonyl (C=O) groups excluding carboxylic acids is 1. The summed E-state index contributed by atoms with van der Waals surface area (Å²) in [6.07, 6.45) is 2.73. The second-order valence-electron chi connectivity index (χ2n) is 9.01. The fourth-order valence-electron chi connectivity index (χ4n) is 4.48. The quantitative estimate of drug-likeness (QED) is 0.251. The molecule has 0 bridgehead atoms. The summed E-state index contributed by atoms with van der Waals surface area (Å²) in [5.74, 6) is 0.349. The van der Waals surface area contributed by atoms with Gasteiger partial charge in [-0.25, -0.2) is 0 Å². The van der Waals surface area contributed by atoms with Gasteiger partial charge in [0.25, 0.3) is 0 Å². The molecule has 2 aromatic rings. The molecule has 0 aliphatic carbocycles. The van der Waals surface area contributed by atoms with E-state index in [1.165, 1.54) is 5.56 Å². The molecule has 1 heterocycles. The first-order valence-electron chi connectivity index (χ1n) is 12.5. The van der Waals surface area contributed by atoms with E-state index in [-0.39, 0.29) is 49.4 Å². The van der Waals surface area contributed by atoms with Crippen molar-refractivity contribution in [2.75, 3.05) is 40.4 Å². The first-order chi connectivity index (χ1) is 16.6. The molecule has 1 aliphatic rings. The molecule has 36 heavy (non-hydrogen) atoms. The number of hydrogen-bond acceptors (Lipinski definition) is 6. The van der Waals surface area contributed by atoms with Gasteiger partial charge in [-0.3, -0.25) is 14.6 Å². The van der Waals surface area contributed by atoms with E-state index >= 15 is 0 Å². The Morgan fingerprint density at radius 2 is 1.42 bits per heavy atom. The SMILES string of the molecule is CCCCC(OC)C(CC(=O)Oc1ccccc1CN1CCN(Cc2ccccc2)CC1)OC.Cl.Cl. The zero-order chi connectivity index (χ0) is 24.2. The maximum absolute atomic E-state index is 12.8. The first kappa shape index (κ1) is 32.4. The van der Waals surface area contributed by atoms with Gasteiger partial charge >= 0.3 is 5.97 Å². The normalized spacial score (nSPS) is 15.9. The van der Waals surface area contributed by atoms with Gasteiger partial charge in [-0.15, -0.1) is 24.8 Å². The Morgan fingerprint density at radius 3 is 2.03 bits per heavy atom. The number of carbonyl (C=O) groups is 1. The summed E-state index contributed by atoms with van der Waals surface area (Å²) in [5, 5.41) is 0. The molecule has 0 spiro atoms. The van der Waals surface area contributed by atoms with Crippen LogP contribution in [0.4, 0.5) is 0 Å². The lowest BCUT2D eigenvalue weighted by Gasteiger charge is -2.35. The second-order valence-corrected chi connectivity index (χ2v) is 9.01. The number of ether oxygens (including phenoxy) is 3. The molecule has 1 saturated heterocycles. The molecule has 0 aromatic heterocycles. The van der Waals surface area contributed by atoms with Crippen molar-refractivity contribution in [2.45, 2.75) is 57.9 Å². The molecular formula is C28H42Cl2N2O4. The molecule has 202 valence electrons. The van der Waals surface area contributed by atoms with Crippen molar-refractivity contribution in [1.82, 2.24) is 9.80 Å². The zero-order valence-electron chi connectivity index (χ0n) is 21.8. The van der Waals surface area contributed by atoms with Crippen LogP contribution in [0, 0.1) is 0 Å². The highest BCUT2D eigenvalue weighted by Gasteiger charge is 2.25. The van der Waals surface area contributed by atoms with Crippen molar-refractivity contribution in [2.24, 2.45) is 0 Å². The Hall–Kier alpha value is -1.67. The minimum Gasteiger partial charge on any atom is -0.426 e. The first-order valence-corrected chi connectivity index (χ1v) is 12.5. The van der Waals surface area contributed by atoms with Crippen LogP contribution in [0.5, 0.6) is 5.75 Å². The van der Waals surface area contributed by atoms with Crippen LogP contribution in [0.2, 0.25) is 0 Å². The molecule has 8 heteroatoms. The number of esters is 1. The zero-order valence-corrected chi connectivity index (χ0v) is 23.4. The van der Waals surface area contributed by atoms with Crippen LogP contribution in [0.25, 0.3) is 0 Å². The third kappa shape index (κ3) is 10.4. The van der Waals surface area contributed by atoms with Crippen LogP contribution < -0.4 is 4.74 Å². The van der Waals surface area contributed by atoms with Crippen LogP contribution in [0.3, 0.4) is 0 Å². The lowest BCUT2D eigenvalue weighted by atomic mass is 10.0. The van der Waals surface area contributed by atoms with Gasteiger partial charge in [0.15, 0.2) is 0 Å². The maximum atomic E-state index is 12.8. The number of hydrogen-bond donors (Lipinski definition) is 0. The smallest absolute Gasteiger partial charge is 0.313 e. The van der Waals surface area contributed by atoms with E-state index in [0.29, 0.717) is 5.75 Å². The van der Waals surface area contributed by atoms with Gasteiger partial charge < -0.3 is 14.2 Å². The fourth-order valence-corrected chi connectivity index (χ4v) is 4.48. The molecule has 0 N–H and O–H groups in total. The molecule has 0 amide bonds. The van der Waals surface area contributed by atoms with Crippen molar-refractivity contribution >= 4 is 30.8 Å². The molecule has 0 saturated carbocycles. The van der Waals surface area contributed by atoms with Gasteiger partial charge in [0.1, 0.15) is 5.75 Å². The predicted octanol–water partition coefficient (Wildman–Crippen LogP) is 5.36. The highest BCUT2D eigenvalue weighted by Crippen LogP contribution is 2.23. The monoisotopic (exact) mass is 540 g/mol. The standard InChI is InChI=1S/C28H40N2O4.2ClH/c1-4-5-14-26(32-2)27(33-3)20-28(31)34-25-15-10-9-13-24(25)22-30-18-16-29(17-19-30)21-23-11-7-6-8-12-23;;/h6-13,15,26-27H,4-5,14,16-22H2,1-3H3;2*1H. The molecular weight excluding hydrogens is 499 g/mol. The minimum absolute atomic E-state index is 0. The molecule has 0 radical (unpaired) electrons. The Bertz CT molecular complexity index is 864. The fraction of sp³-hybridized carbons (Fsp3) is 0.536. The Labute approximate surface area is 229 Å². The van der Waals surface area contributed by atoms with Gasteiger partial charge in [0.2, 0.25) is 0 Å². The van der Waals surface area contributed by atoms with Crippen molar-refractivity contribution < 1.29 is 19.0 Å². The largest absolute Gasteiger partial charge is 0.426 e. The minimum atomic E-state index is -0.311. The highest BCUT2D eigenvalue weighted by atomic mass is 35.5. The molecule has 2 aromatic carbocycles. The number of rotatable bonds is 13. The van der Waals surface area contributed by atoms with Crippen LogP contribution in [-0.2, 0) is 27.4 Å². The van der Waals surface area contributed by atoms with Gasteiger partial charge in [-0.05, 0) is 18.1 Å². The van der Waals surface area contributed by atoms with Crippen LogP contribution in [-0.4, -0.2) is 68.4 Å².